The number of carbonyl (C=O) groups is 2. The van der Waals surface area contributed by atoms with Gasteiger partial charge in [-0.1, -0.05) is 48.0 Å². The van der Waals surface area contributed by atoms with Gasteiger partial charge in [-0.15, -0.1) is 0 Å². The lowest BCUT2D eigenvalue weighted by Crippen LogP contribution is -2.42. The highest BCUT2D eigenvalue weighted by Crippen LogP contribution is 2.23. The number of imidazole rings is 1. The molecule has 9 heteroatoms. The van der Waals surface area contributed by atoms with Crippen molar-refractivity contribution in [2.75, 3.05) is 7.11 Å². The van der Waals surface area contributed by atoms with Gasteiger partial charge in [-0.3, -0.25) is 4.79 Å². The highest BCUT2D eigenvalue weighted by molar-refractivity contribution is 6.30. The van der Waals surface area contributed by atoms with Crippen molar-refractivity contribution in [1.29, 1.82) is 0 Å². The molecule has 202 valence electrons. The van der Waals surface area contributed by atoms with E-state index in [0.29, 0.717) is 23.0 Å². The third-order valence-electron chi connectivity index (χ3n) is 6.38. The molecule has 0 bridgehead atoms. The number of carboxylic acids is 1. The number of fused-ring (bicyclic) bond motifs is 1. The molecule has 3 aromatic carbocycles. The summed E-state index contributed by atoms with van der Waals surface area (Å²) in [4.78, 5) is 29.3. The average Bonchev–Trinajstić information content (AvgIpc) is 3.41. The maximum absolute atomic E-state index is 12.9. The molecule has 40 heavy (non-hydrogen) atoms. The molecule has 1 atom stereocenters. The third-order valence-corrected chi connectivity index (χ3v) is 6.63. The second-order valence-corrected chi connectivity index (χ2v) is 9.60. The molecule has 0 saturated carbocycles. The van der Waals surface area contributed by atoms with Gasteiger partial charge in [0.15, 0.2) is 0 Å². The van der Waals surface area contributed by atoms with Crippen LogP contribution in [-0.4, -0.2) is 39.5 Å². The molecule has 2 heterocycles. The van der Waals surface area contributed by atoms with E-state index in [1.54, 1.807) is 60.3 Å². The summed E-state index contributed by atoms with van der Waals surface area (Å²) in [5.41, 5.74) is 4.27. The first-order valence-corrected chi connectivity index (χ1v) is 12.9. The van der Waals surface area contributed by atoms with Crippen LogP contribution in [0.25, 0.3) is 16.8 Å². The number of methoxy groups -OCH3 is 1. The van der Waals surface area contributed by atoms with E-state index in [-0.39, 0.29) is 12.1 Å². The van der Waals surface area contributed by atoms with Gasteiger partial charge in [-0.05, 0) is 70.8 Å². The number of hydrogen-bond acceptors (Lipinski definition) is 5. The smallest absolute Gasteiger partial charge is 0.326 e. The monoisotopic (exact) mass is 555 g/mol. The molecule has 0 radical (unpaired) electrons. The Labute approximate surface area is 235 Å². The number of ether oxygens (including phenoxy) is 2. The van der Waals surface area contributed by atoms with Gasteiger partial charge in [-0.2, -0.15) is 0 Å². The van der Waals surface area contributed by atoms with Crippen LogP contribution in [0.5, 0.6) is 11.5 Å². The van der Waals surface area contributed by atoms with Crippen molar-refractivity contribution in [2.24, 2.45) is 0 Å². The number of carboxylic acid groups (broad SMARTS) is 1. The summed E-state index contributed by atoms with van der Waals surface area (Å²) in [5.74, 6) is -0.308. The molecular formula is C31H26ClN3O5. The maximum atomic E-state index is 12.9. The zero-order chi connectivity index (χ0) is 28.1. The van der Waals surface area contributed by atoms with Crippen LogP contribution in [0.3, 0.4) is 0 Å². The van der Waals surface area contributed by atoms with Gasteiger partial charge in [0.25, 0.3) is 5.91 Å². The first-order chi connectivity index (χ1) is 19.4. The number of benzene rings is 3. The van der Waals surface area contributed by atoms with E-state index in [0.717, 1.165) is 28.0 Å². The largest absolute Gasteiger partial charge is 0.497 e. The summed E-state index contributed by atoms with van der Waals surface area (Å²) in [6, 6.07) is 24.8. The molecule has 1 unspecified atom stereocenters. The van der Waals surface area contributed by atoms with Crippen LogP contribution in [0.2, 0.25) is 5.02 Å². The zero-order valence-corrected chi connectivity index (χ0v) is 22.3. The van der Waals surface area contributed by atoms with Crippen LogP contribution in [0.15, 0.2) is 97.3 Å². The fourth-order valence-corrected chi connectivity index (χ4v) is 4.36. The standard InChI is InChI=1S/C31H26ClN3O5/c1-39-26-4-2-3-21(15-26)19-40-25-11-5-20(6-12-25)16-27(31(37)38)34-30(36)28-18-35-14-13-23(17-29(35)33-28)22-7-9-24(32)10-8-22/h2-15,17-18,27H,16,19H2,1H3,(H,34,36)(H,37,38). The molecule has 5 aromatic rings. The van der Waals surface area contributed by atoms with E-state index in [4.69, 9.17) is 21.1 Å². The highest BCUT2D eigenvalue weighted by atomic mass is 35.5. The molecule has 0 fully saturated rings. The Kier molecular flexibility index (Phi) is 7.98. The number of amides is 1. The lowest BCUT2D eigenvalue weighted by atomic mass is 10.1. The molecule has 0 aliphatic carbocycles. The van der Waals surface area contributed by atoms with E-state index in [9.17, 15) is 14.7 Å². The normalized spacial score (nSPS) is 11.7. The second kappa shape index (κ2) is 11.9. The molecule has 1 amide bonds. The average molecular weight is 556 g/mol. The molecule has 0 aliphatic rings. The Morgan fingerprint density at radius 3 is 2.45 bits per heavy atom. The molecule has 2 N–H and O–H groups in total. The minimum absolute atomic E-state index is 0.103. The number of carbonyl (C=O) groups excluding carboxylic acids is 1. The van der Waals surface area contributed by atoms with Crippen LogP contribution in [-0.2, 0) is 17.8 Å². The predicted octanol–water partition coefficient (Wildman–Crippen LogP) is 5.67. The first kappa shape index (κ1) is 26.8. The number of pyridine rings is 1. The summed E-state index contributed by atoms with van der Waals surface area (Å²) in [6.07, 6.45) is 3.48. The van der Waals surface area contributed by atoms with Gasteiger partial charge in [-0.25, -0.2) is 9.78 Å². The minimum atomic E-state index is -1.14. The Morgan fingerprint density at radius 2 is 1.73 bits per heavy atom. The summed E-state index contributed by atoms with van der Waals surface area (Å²) in [5, 5.41) is 13.0. The number of halogens is 1. The van der Waals surface area contributed by atoms with E-state index in [2.05, 4.69) is 10.3 Å². The zero-order valence-electron chi connectivity index (χ0n) is 21.6. The van der Waals surface area contributed by atoms with Gasteiger partial charge in [0.05, 0.1) is 7.11 Å². The van der Waals surface area contributed by atoms with Crippen LogP contribution >= 0.6 is 11.6 Å². The molecule has 8 nitrogen and oxygen atoms in total. The van der Waals surface area contributed by atoms with E-state index in [1.165, 1.54) is 0 Å². The predicted molar refractivity (Wildman–Crippen MR) is 152 cm³/mol. The molecule has 0 aliphatic heterocycles. The van der Waals surface area contributed by atoms with Crippen LogP contribution in [0, 0.1) is 0 Å². The summed E-state index contributed by atoms with van der Waals surface area (Å²) < 4.78 is 12.8. The van der Waals surface area contributed by atoms with Crippen molar-refractivity contribution in [2.45, 2.75) is 19.1 Å². The Balaban J connectivity index is 1.22. The molecule has 5 rings (SSSR count). The number of aliphatic carboxylic acids is 1. The number of nitrogens with one attached hydrogen (secondary N) is 1. The van der Waals surface area contributed by atoms with Gasteiger partial charge >= 0.3 is 5.97 Å². The lowest BCUT2D eigenvalue weighted by molar-refractivity contribution is -0.139. The topological polar surface area (TPSA) is 102 Å². The number of hydrogen-bond donors (Lipinski definition) is 2. The van der Waals surface area contributed by atoms with Gasteiger partial charge < -0.3 is 24.3 Å². The summed E-state index contributed by atoms with van der Waals surface area (Å²) >= 11 is 5.98. The van der Waals surface area contributed by atoms with Gasteiger partial charge in [0.1, 0.15) is 35.5 Å². The lowest BCUT2D eigenvalue weighted by Gasteiger charge is -2.14. The molecule has 0 saturated heterocycles. The van der Waals surface area contributed by atoms with E-state index < -0.39 is 17.9 Å². The summed E-state index contributed by atoms with van der Waals surface area (Å²) in [6.45, 7) is 0.366. The second-order valence-electron chi connectivity index (χ2n) is 9.17. The summed E-state index contributed by atoms with van der Waals surface area (Å²) in [7, 11) is 1.61. The highest BCUT2D eigenvalue weighted by Gasteiger charge is 2.23. The SMILES string of the molecule is COc1cccc(COc2ccc(CC(NC(=O)c3cn4ccc(-c5ccc(Cl)cc5)cc4n3)C(=O)O)cc2)c1. The van der Waals surface area contributed by atoms with Crippen molar-refractivity contribution in [1.82, 2.24) is 14.7 Å². The van der Waals surface area contributed by atoms with Crippen molar-refractivity contribution < 1.29 is 24.2 Å². The molecular weight excluding hydrogens is 530 g/mol. The third kappa shape index (κ3) is 6.42. The van der Waals surface area contributed by atoms with Gasteiger partial charge in [0, 0.05) is 23.8 Å². The Bertz CT molecular complexity index is 1650. The Hall–Kier alpha value is -4.82. The first-order valence-electron chi connectivity index (χ1n) is 12.5. The van der Waals surface area contributed by atoms with Crippen LogP contribution in [0.1, 0.15) is 21.6 Å². The Morgan fingerprint density at radius 1 is 0.950 bits per heavy atom. The van der Waals surface area contributed by atoms with E-state index in [1.807, 2.05) is 48.5 Å². The maximum Gasteiger partial charge on any atom is 0.326 e. The minimum Gasteiger partial charge on any atom is -0.497 e. The van der Waals surface area contributed by atoms with Crippen molar-refractivity contribution in [3.63, 3.8) is 0 Å². The molecule has 2 aromatic heterocycles. The molecule has 0 spiro atoms. The number of aromatic nitrogens is 2. The fraction of sp³-hybridized carbons (Fsp3) is 0.129. The number of rotatable bonds is 10. The quantitative estimate of drug-likeness (QED) is 0.230. The van der Waals surface area contributed by atoms with E-state index >= 15 is 0 Å². The van der Waals surface area contributed by atoms with Crippen molar-refractivity contribution in [3.05, 3.63) is 119 Å². The van der Waals surface area contributed by atoms with Gasteiger partial charge in [0.2, 0.25) is 0 Å². The van der Waals surface area contributed by atoms with Crippen LogP contribution in [0.4, 0.5) is 0 Å². The fourth-order valence-electron chi connectivity index (χ4n) is 4.23. The van der Waals surface area contributed by atoms with Crippen molar-refractivity contribution in [3.8, 4) is 22.6 Å². The van der Waals surface area contributed by atoms with Crippen molar-refractivity contribution >= 4 is 29.1 Å². The van der Waals surface area contributed by atoms with Crippen LogP contribution < -0.4 is 14.8 Å². The number of nitrogens with zero attached hydrogens (tertiary/aromatic N) is 2.